The molecule has 132 valence electrons. The zero-order valence-electron chi connectivity index (χ0n) is 13.9. The van der Waals surface area contributed by atoms with E-state index in [2.05, 4.69) is 15.3 Å². The Balaban J connectivity index is 1.76. The number of carbonyl (C=O) groups excluding carboxylic acids is 1. The van der Waals surface area contributed by atoms with Crippen molar-refractivity contribution in [2.45, 2.75) is 19.4 Å². The van der Waals surface area contributed by atoms with Gasteiger partial charge in [0, 0.05) is 11.8 Å². The number of ether oxygens (including phenoxy) is 1. The van der Waals surface area contributed by atoms with Crippen LogP contribution in [0.3, 0.4) is 0 Å². The van der Waals surface area contributed by atoms with Crippen molar-refractivity contribution in [1.82, 2.24) is 9.97 Å². The van der Waals surface area contributed by atoms with E-state index in [1.807, 2.05) is 42.5 Å². The summed E-state index contributed by atoms with van der Waals surface area (Å²) in [7, 11) is 0. The van der Waals surface area contributed by atoms with Gasteiger partial charge in [0.25, 0.3) is 0 Å². The summed E-state index contributed by atoms with van der Waals surface area (Å²) in [6.45, 7) is 0.140. The number of amides is 1. The lowest BCUT2D eigenvalue weighted by Crippen LogP contribution is -2.16. The number of nitrogens with zero attached hydrogens (tertiary/aromatic N) is 2. The number of aryl methyl sites for hydroxylation is 1. The second-order valence-electron chi connectivity index (χ2n) is 5.59. The molecular formula is C19H17N3O4. The van der Waals surface area contributed by atoms with E-state index in [0.717, 1.165) is 5.56 Å². The molecule has 0 radical (unpaired) electrons. The Kier molecular flexibility index (Phi) is 5.38. The fourth-order valence-electron chi connectivity index (χ4n) is 2.41. The third kappa shape index (κ3) is 4.54. The molecule has 26 heavy (non-hydrogen) atoms. The highest BCUT2D eigenvalue weighted by Crippen LogP contribution is 2.21. The largest absolute Gasteiger partial charge is 0.481 e. The summed E-state index contributed by atoms with van der Waals surface area (Å²) in [5.41, 5.74) is 1.50. The normalized spacial score (nSPS) is 10.5. The molecule has 1 heterocycles. The molecule has 3 aromatic rings. The van der Waals surface area contributed by atoms with E-state index in [1.54, 1.807) is 12.1 Å². The average Bonchev–Trinajstić information content (AvgIpc) is 2.65. The van der Waals surface area contributed by atoms with E-state index in [0.29, 0.717) is 22.5 Å². The standard InChI is InChI=1S/C19H17N3O4/c23-17(24)11-10-16-20-15-9-5-4-8-14(15)18(21-16)22-19(25)26-12-13-6-2-1-3-7-13/h1-9H,10-12H2,(H,23,24)(H,20,21,22,25). The van der Waals surface area contributed by atoms with Crippen molar-refractivity contribution in [2.75, 3.05) is 5.32 Å². The maximum Gasteiger partial charge on any atom is 0.413 e. The molecule has 2 N–H and O–H groups in total. The maximum atomic E-state index is 12.1. The van der Waals surface area contributed by atoms with Gasteiger partial charge in [-0.2, -0.15) is 0 Å². The molecule has 3 rings (SSSR count). The summed E-state index contributed by atoms with van der Waals surface area (Å²) >= 11 is 0. The summed E-state index contributed by atoms with van der Waals surface area (Å²) in [6.07, 6.45) is -0.550. The van der Waals surface area contributed by atoms with Crippen molar-refractivity contribution in [1.29, 1.82) is 0 Å². The lowest BCUT2D eigenvalue weighted by Gasteiger charge is -2.10. The number of aromatic nitrogens is 2. The molecule has 1 aromatic heterocycles. The highest BCUT2D eigenvalue weighted by atomic mass is 16.5. The van der Waals surface area contributed by atoms with E-state index >= 15 is 0 Å². The SMILES string of the molecule is O=C(O)CCc1nc(NC(=O)OCc2ccccc2)c2ccccc2n1. The molecule has 7 nitrogen and oxygen atoms in total. The topological polar surface area (TPSA) is 101 Å². The number of nitrogens with one attached hydrogen (secondary N) is 1. The van der Waals surface area contributed by atoms with E-state index in [1.165, 1.54) is 0 Å². The van der Waals surface area contributed by atoms with E-state index < -0.39 is 12.1 Å². The van der Waals surface area contributed by atoms with E-state index in [-0.39, 0.29) is 19.4 Å². The quantitative estimate of drug-likeness (QED) is 0.706. The first-order chi connectivity index (χ1) is 12.6. The van der Waals surface area contributed by atoms with Gasteiger partial charge in [0.2, 0.25) is 0 Å². The summed E-state index contributed by atoms with van der Waals surface area (Å²) in [6, 6.07) is 16.5. The van der Waals surface area contributed by atoms with Gasteiger partial charge < -0.3 is 9.84 Å². The number of carbonyl (C=O) groups is 2. The molecular weight excluding hydrogens is 334 g/mol. The molecule has 0 aliphatic heterocycles. The second-order valence-corrected chi connectivity index (χ2v) is 5.59. The zero-order chi connectivity index (χ0) is 18.4. The lowest BCUT2D eigenvalue weighted by atomic mass is 10.2. The summed E-state index contributed by atoms with van der Waals surface area (Å²) in [5, 5.41) is 12.1. The highest BCUT2D eigenvalue weighted by molar-refractivity contribution is 5.96. The Hall–Kier alpha value is -3.48. The number of rotatable bonds is 6. The number of hydrogen-bond acceptors (Lipinski definition) is 5. The fourth-order valence-corrected chi connectivity index (χ4v) is 2.41. The summed E-state index contributed by atoms with van der Waals surface area (Å²) in [5.74, 6) is -0.281. The molecule has 0 bridgehead atoms. The molecule has 7 heteroatoms. The molecule has 0 spiro atoms. The molecule has 0 fully saturated rings. The van der Waals surface area contributed by atoms with Crippen LogP contribution in [-0.2, 0) is 22.6 Å². The highest BCUT2D eigenvalue weighted by Gasteiger charge is 2.12. The minimum atomic E-state index is -0.932. The Bertz CT molecular complexity index is 928. The Morgan fingerprint density at radius 1 is 1.00 bits per heavy atom. The molecule has 1 amide bonds. The number of aliphatic carboxylic acids is 1. The maximum absolute atomic E-state index is 12.1. The number of hydrogen-bond donors (Lipinski definition) is 2. The van der Waals surface area contributed by atoms with Gasteiger partial charge in [-0.25, -0.2) is 14.8 Å². The van der Waals surface area contributed by atoms with E-state index in [9.17, 15) is 9.59 Å². The zero-order valence-corrected chi connectivity index (χ0v) is 13.9. The Labute approximate surface area is 149 Å². The molecule has 0 aliphatic carbocycles. The van der Waals surface area contributed by atoms with Crippen LogP contribution in [0, 0.1) is 0 Å². The smallest absolute Gasteiger partial charge is 0.413 e. The third-order valence-corrected chi connectivity index (χ3v) is 3.65. The first-order valence-corrected chi connectivity index (χ1v) is 8.07. The summed E-state index contributed by atoms with van der Waals surface area (Å²) < 4.78 is 5.21. The van der Waals surface area contributed by atoms with Crippen molar-refractivity contribution in [2.24, 2.45) is 0 Å². The summed E-state index contributed by atoms with van der Waals surface area (Å²) in [4.78, 5) is 31.5. The second kappa shape index (κ2) is 8.06. The van der Waals surface area contributed by atoms with Crippen molar-refractivity contribution >= 4 is 28.8 Å². The van der Waals surface area contributed by atoms with Crippen LogP contribution in [-0.4, -0.2) is 27.1 Å². The van der Waals surface area contributed by atoms with Crippen LogP contribution in [0.4, 0.5) is 10.6 Å². The number of para-hydroxylation sites is 1. The van der Waals surface area contributed by atoms with Gasteiger partial charge in [-0.1, -0.05) is 42.5 Å². The lowest BCUT2D eigenvalue weighted by molar-refractivity contribution is -0.137. The van der Waals surface area contributed by atoms with Gasteiger partial charge in [-0.3, -0.25) is 10.1 Å². The van der Waals surface area contributed by atoms with Crippen LogP contribution in [0.5, 0.6) is 0 Å². The minimum Gasteiger partial charge on any atom is -0.481 e. The third-order valence-electron chi connectivity index (χ3n) is 3.65. The van der Waals surface area contributed by atoms with Gasteiger partial charge in [0.1, 0.15) is 18.2 Å². The molecule has 2 aromatic carbocycles. The molecule has 0 saturated heterocycles. The van der Waals surface area contributed by atoms with Gasteiger partial charge in [0.15, 0.2) is 0 Å². The monoisotopic (exact) mass is 351 g/mol. The number of carboxylic acids is 1. The van der Waals surface area contributed by atoms with Crippen molar-refractivity contribution in [3.63, 3.8) is 0 Å². The van der Waals surface area contributed by atoms with Crippen LogP contribution < -0.4 is 5.32 Å². The van der Waals surface area contributed by atoms with Gasteiger partial charge in [0.05, 0.1) is 11.9 Å². The van der Waals surface area contributed by atoms with Gasteiger partial charge in [-0.05, 0) is 17.7 Å². The molecule has 0 aliphatic rings. The predicted molar refractivity (Wildman–Crippen MR) is 95.7 cm³/mol. The fraction of sp³-hybridized carbons (Fsp3) is 0.158. The van der Waals surface area contributed by atoms with Crippen LogP contribution in [0.15, 0.2) is 54.6 Å². The average molecular weight is 351 g/mol. The first-order valence-electron chi connectivity index (χ1n) is 8.07. The molecule has 0 saturated carbocycles. The number of carboxylic acid groups (broad SMARTS) is 1. The van der Waals surface area contributed by atoms with Gasteiger partial charge >= 0.3 is 12.1 Å². The van der Waals surface area contributed by atoms with E-state index in [4.69, 9.17) is 9.84 Å². The van der Waals surface area contributed by atoms with Crippen LogP contribution in [0.2, 0.25) is 0 Å². The van der Waals surface area contributed by atoms with Crippen molar-refractivity contribution < 1.29 is 19.4 Å². The van der Waals surface area contributed by atoms with Crippen molar-refractivity contribution in [3.8, 4) is 0 Å². The van der Waals surface area contributed by atoms with Crippen LogP contribution in [0.1, 0.15) is 17.8 Å². The predicted octanol–water partition coefficient (Wildman–Crippen LogP) is 3.40. The number of fused-ring (bicyclic) bond motifs is 1. The van der Waals surface area contributed by atoms with Crippen molar-refractivity contribution in [3.05, 3.63) is 66.0 Å². The van der Waals surface area contributed by atoms with Crippen LogP contribution >= 0.6 is 0 Å². The van der Waals surface area contributed by atoms with Crippen LogP contribution in [0.25, 0.3) is 10.9 Å². The Morgan fingerprint density at radius 3 is 2.50 bits per heavy atom. The Morgan fingerprint density at radius 2 is 1.73 bits per heavy atom. The minimum absolute atomic E-state index is 0.0871. The number of benzene rings is 2. The van der Waals surface area contributed by atoms with Gasteiger partial charge in [-0.15, -0.1) is 0 Å². The number of anilines is 1. The molecule has 0 unspecified atom stereocenters. The molecule has 0 atom stereocenters. The first kappa shape index (κ1) is 17.3.